The molecule has 1 heterocycles. The van der Waals surface area contributed by atoms with Crippen LogP contribution in [0, 0.1) is 33.6 Å². The molecule has 0 aliphatic heterocycles. The van der Waals surface area contributed by atoms with Crippen LogP contribution in [0.2, 0.25) is 0 Å². The summed E-state index contributed by atoms with van der Waals surface area (Å²) >= 11 is 5.33. The van der Waals surface area contributed by atoms with E-state index in [4.69, 9.17) is 12.2 Å². The van der Waals surface area contributed by atoms with Gasteiger partial charge in [0.2, 0.25) is 0 Å². The molecule has 1 aromatic carbocycles. The number of aromatic nitrogens is 1. The summed E-state index contributed by atoms with van der Waals surface area (Å²) in [7, 11) is 0. The molecule has 0 saturated heterocycles. The zero-order chi connectivity index (χ0) is 18.6. The molecule has 0 saturated carbocycles. The maximum absolute atomic E-state index is 5.33. The molecule has 2 N–H and O–H groups in total. The van der Waals surface area contributed by atoms with Gasteiger partial charge in [-0.2, -0.15) is 5.10 Å². The minimum atomic E-state index is 0.487. The number of thiocarbonyl (C=S) groups is 1. The van der Waals surface area contributed by atoms with Gasteiger partial charge in [0, 0.05) is 29.2 Å². The average Bonchev–Trinajstić information content (AvgIpc) is 2.79. The Balaban J connectivity index is 2.01. The second-order valence-electron chi connectivity index (χ2n) is 6.90. The summed E-state index contributed by atoms with van der Waals surface area (Å²) in [4.78, 5) is 0. The Morgan fingerprint density at radius 2 is 1.96 bits per heavy atom. The first kappa shape index (κ1) is 19.2. The molecule has 0 aliphatic carbocycles. The van der Waals surface area contributed by atoms with Crippen LogP contribution in [-0.2, 0) is 6.54 Å². The van der Waals surface area contributed by atoms with Crippen LogP contribution >= 0.6 is 12.2 Å². The molecule has 0 radical (unpaired) electrons. The highest BCUT2D eigenvalue weighted by Crippen LogP contribution is 2.18. The van der Waals surface area contributed by atoms with Crippen LogP contribution < -0.4 is 10.7 Å². The molecule has 5 heteroatoms. The van der Waals surface area contributed by atoms with Crippen molar-refractivity contribution in [2.75, 3.05) is 5.32 Å². The van der Waals surface area contributed by atoms with Crippen molar-refractivity contribution >= 4 is 29.2 Å². The molecular weight excluding hydrogens is 328 g/mol. The first-order valence-corrected chi connectivity index (χ1v) is 9.03. The van der Waals surface area contributed by atoms with Gasteiger partial charge in [-0.05, 0) is 69.1 Å². The first-order chi connectivity index (χ1) is 11.8. The van der Waals surface area contributed by atoms with E-state index in [0.29, 0.717) is 11.0 Å². The van der Waals surface area contributed by atoms with Crippen LogP contribution in [0.1, 0.15) is 41.9 Å². The lowest BCUT2D eigenvalue weighted by molar-refractivity contribution is 0.509. The Labute approximate surface area is 156 Å². The summed E-state index contributed by atoms with van der Waals surface area (Å²) in [6.07, 6.45) is 1.83. The third kappa shape index (κ3) is 4.92. The van der Waals surface area contributed by atoms with Gasteiger partial charge < -0.3 is 9.88 Å². The number of hydrogen-bond acceptors (Lipinski definition) is 2. The van der Waals surface area contributed by atoms with Gasteiger partial charge >= 0.3 is 0 Å². The van der Waals surface area contributed by atoms with E-state index in [2.05, 4.69) is 74.1 Å². The number of rotatable bonds is 5. The van der Waals surface area contributed by atoms with E-state index in [1.807, 2.05) is 18.3 Å². The quantitative estimate of drug-likeness (QED) is 0.463. The summed E-state index contributed by atoms with van der Waals surface area (Å²) in [5.74, 6) is 0.613. The largest absolute Gasteiger partial charge is 0.348 e. The predicted octanol–water partition coefficient (Wildman–Crippen LogP) is 4.70. The van der Waals surface area contributed by atoms with Crippen LogP contribution in [0.15, 0.2) is 29.4 Å². The van der Waals surface area contributed by atoms with E-state index in [-0.39, 0.29) is 0 Å². The molecule has 1 aromatic heterocycles. The summed E-state index contributed by atoms with van der Waals surface area (Å²) in [6, 6.07) is 8.27. The molecule has 0 spiro atoms. The Morgan fingerprint density at radius 1 is 1.24 bits per heavy atom. The van der Waals surface area contributed by atoms with E-state index in [0.717, 1.165) is 17.8 Å². The zero-order valence-corrected chi connectivity index (χ0v) is 16.8. The van der Waals surface area contributed by atoms with Gasteiger partial charge in [0.05, 0.1) is 6.21 Å². The maximum Gasteiger partial charge on any atom is 0.191 e. The van der Waals surface area contributed by atoms with Gasteiger partial charge in [0.15, 0.2) is 5.11 Å². The van der Waals surface area contributed by atoms with Crippen LogP contribution in [0.3, 0.4) is 0 Å². The lowest BCUT2D eigenvalue weighted by Gasteiger charge is -2.12. The molecule has 0 unspecified atom stereocenters. The van der Waals surface area contributed by atoms with Crippen molar-refractivity contribution in [2.45, 2.75) is 48.1 Å². The van der Waals surface area contributed by atoms with Crippen LogP contribution in [-0.4, -0.2) is 15.9 Å². The van der Waals surface area contributed by atoms with Crippen LogP contribution in [0.5, 0.6) is 0 Å². The molecule has 134 valence electrons. The highest BCUT2D eigenvalue weighted by atomic mass is 32.1. The van der Waals surface area contributed by atoms with E-state index in [9.17, 15) is 0 Å². The van der Waals surface area contributed by atoms with Crippen LogP contribution in [0.25, 0.3) is 0 Å². The average molecular weight is 357 g/mol. The molecule has 0 fully saturated rings. The molecule has 0 amide bonds. The van der Waals surface area contributed by atoms with Gasteiger partial charge in [-0.15, -0.1) is 0 Å². The molecule has 2 rings (SSSR count). The highest BCUT2D eigenvalue weighted by molar-refractivity contribution is 7.80. The lowest BCUT2D eigenvalue weighted by Crippen LogP contribution is -2.24. The Kier molecular flexibility index (Phi) is 6.37. The SMILES string of the molecule is Cc1cccc(NC(=S)NN=Cc2cc(C)n(CC(C)C)c2C)c1C. The summed E-state index contributed by atoms with van der Waals surface area (Å²) < 4.78 is 2.33. The fourth-order valence-electron chi connectivity index (χ4n) is 2.80. The number of aryl methyl sites for hydroxylation is 2. The van der Waals surface area contributed by atoms with Crippen molar-refractivity contribution in [1.29, 1.82) is 0 Å². The standard InChI is InChI=1S/C20H28N4S/c1-13(2)12-24-15(4)10-18(17(24)6)11-21-23-20(25)22-19-9-7-8-14(3)16(19)5/h7-11,13H,12H2,1-6H3,(H2,22,23,25). The van der Waals surface area contributed by atoms with Crippen LogP contribution in [0.4, 0.5) is 5.69 Å². The molecule has 0 atom stereocenters. The van der Waals surface area contributed by atoms with E-state index < -0.39 is 0 Å². The summed E-state index contributed by atoms with van der Waals surface area (Å²) in [5, 5.41) is 7.98. The van der Waals surface area contributed by atoms with Gasteiger partial charge in [-0.3, -0.25) is 5.43 Å². The number of nitrogens with one attached hydrogen (secondary N) is 2. The monoisotopic (exact) mass is 356 g/mol. The normalized spacial score (nSPS) is 11.3. The fourth-order valence-corrected chi connectivity index (χ4v) is 2.96. The second kappa shape index (κ2) is 8.30. The van der Waals surface area contributed by atoms with Gasteiger partial charge in [-0.25, -0.2) is 0 Å². The smallest absolute Gasteiger partial charge is 0.191 e. The number of hydrazone groups is 1. The maximum atomic E-state index is 5.33. The summed E-state index contributed by atoms with van der Waals surface area (Å²) in [5.41, 5.74) is 9.92. The summed E-state index contributed by atoms with van der Waals surface area (Å²) in [6.45, 7) is 13.9. The minimum Gasteiger partial charge on any atom is -0.348 e. The van der Waals surface area contributed by atoms with Gasteiger partial charge in [0.25, 0.3) is 0 Å². The first-order valence-electron chi connectivity index (χ1n) is 8.62. The Hall–Kier alpha value is -2.14. The number of hydrogen-bond donors (Lipinski definition) is 2. The minimum absolute atomic E-state index is 0.487. The van der Waals surface area contributed by atoms with E-state index >= 15 is 0 Å². The molecule has 25 heavy (non-hydrogen) atoms. The van der Waals surface area contributed by atoms with Crippen molar-refractivity contribution in [3.05, 3.63) is 52.3 Å². The lowest BCUT2D eigenvalue weighted by atomic mass is 10.1. The van der Waals surface area contributed by atoms with Crippen molar-refractivity contribution in [3.8, 4) is 0 Å². The van der Waals surface area contributed by atoms with Crippen molar-refractivity contribution < 1.29 is 0 Å². The molecule has 4 nitrogen and oxygen atoms in total. The number of benzene rings is 1. The predicted molar refractivity (Wildman–Crippen MR) is 112 cm³/mol. The Morgan fingerprint density at radius 3 is 2.64 bits per heavy atom. The third-order valence-corrected chi connectivity index (χ3v) is 4.58. The molecular formula is C20H28N4S. The molecule has 0 bridgehead atoms. The van der Waals surface area contributed by atoms with Gasteiger partial charge in [-0.1, -0.05) is 26.0 Å². The zero-order valence-electron chi connectivity index (χ0n) is 16.0. The Bertz CT molecular complexity index is 787. The second-order valence-corrected chi connectivity index (χ2v) is 7.31. The number of nitrogens with zero attached hydrogens (tertiary/aromatic N) is 2. The third-order valence-electron chi connectivity index (χ3n) is 4.38. The van der Waals surface area contributed by atoms with Crippen molar-refractivity contribution in [2.24, 2.45) is 11.0 Å². The van der Waals surface area contributed by atoms with E-state index in [1.165, 1.54) is 22.5 Å². The fraction of sp³-hybridized carbons (Fsp3) is 0.400. The van der Waals surface area contributed by atoms with Gasteiger partial charge in [0.1, 0.15) is 0 Å². The number of anilines is 1. The molecule has 2 aromatic rings. The molecule has 0 aliphatic rings. The van der Waals surface area contributed by atoms with E-state index in [1.54, 1.807) is 0 Å². The highest BCUT2D eigenvalue weighted by Gasteiger charge is 2.08. The van der Waals surface area contributed by atoms with Crippen molar-refractivity contribution in [1.82, 2.24) is 9.99 Å². The topological polar surface area (TPSA) is 41.4 Å². The van der Waals surface area contributed by atoms with Crippen molar-refractivity contribution in [3.63, 3.8) is 0 Å².